The molecule has 0 spiro atoms. The van der Waals surface area contributed by atoms with Crippen molar-refractivity contribution in [3.63, 3.8) is 0 Å². The van der Waals surface area contributed by atoms with Gasteiger partial charge in [0.15, 0.2) is 0 Å². The number of nitrogens with one attached hydrogen (secondary N) is 1. The van der Waals surface area contributed by atoms with Crippen molar-refractivity contribution in [3.8, 4) is 0 Å². The van der Waals surface area contributed by atoms with Crippen LogP contribution in [0.3, 0.4) is 0 Å². The Morgan fingerprint density at radius 2 is 2.06 bits per heavy atom. The molecule has 1 aromatic rings. The normalized spacial score (nSPS) is 33.7. The highest BCUT2D eigenvalue weighted by Gasteiger charge is 2.53. The maximum Gasteiger partial charge on any atom is 0.0902 e. The van der Waals surface area contributed by atoms with E-state index in [9.17, 15) is 0 Å². The van der Waals surface area contributed by atoms with Crippen molar-refractivity contribution in [1.29, 1.82) is 0 Å². The number of hydrogen-bond donors (Lipinski definition) is 1. The van der Waals surface area contributed by atoms with Gasteiger partial charge in [0, 0.05) is 24.2 Å². The van der Waals surface area contributed by atoms with Gasteiger partial charge >= 0.3 is 0 Å². The second kappa shape index (κ2) is 4.25. The smallest absolute Gasteiger partial charge is 0.0902 e. The Hall–Kier alpha value is -1.06. The van der Waals surface area contributed by atoms with E-state index in [4.69, 9.17) is 4.84 Å². The molecule has 2 fully saturated rings. The summed E-state index contributed by atoms with van der Waals surface area (Å²) in [5.74, 6) is 0.558. The molecule has 0 saturated carbocycles. The third-order valence-electron chi connectivity index (χ3n) is 4.50. The zero-order valence-corrected chi connectivity index (χ0v) is 11.4. The lowest BCUT2D eigenvalue weighted by Gasteiger charge is -2.30. The second-order valence-electron chi connectivity index (χ2n) is 5.92. The van der Waals surface area contributed by atoms with Crippen LogP contribution >= 0.6 is 0 Å². The summed E-state index contributed by atoms with van der Waals surface area (Å²) < 4.78 is 0. The third kappa shape index (κ3) is 1.73. The van der Waals surface area contributed by atoms with E-state index < -0.39 is 0 Å². The van der Waals surface area contributed by atoms with Gasteiger partial charge in [-0.25, -0.2) is 0 Å². The van der Waals surface area contributed by atoms with E-state index in [1.165, 1.54) is 5.69 Å². The lowest BCUT2D eigenvalue weighted by molar-refractivity contribution is -0.0467. The molecule has 2 aliphatic rings. The van der Waals surface area contributed by atoms with Gasteiger partial charge in [0.1, 0.15) is 0 Å². The highest BCUT2D eigenvalue weighted by Crippen LogP contribution is 2.41. The molecule has 0 amide bonds. The number of nitrogens with zero attached hydrogens (tertiary/aromatic N) is 1. The van der Waals surface area contributed by atoms with Gasteiger partial charge in [-0.05, 0) is 32.4 Å². The monoisotopic (exact) mass is 246 g/mol. The van der Waals surface area contributed by atoms with Crippen molar-refractivity contribution in [2.75, 3.05) is 11.4 Å². The highest BCUT2D eigenvalue weighted by atomic mass is 16.7. The Balaban J connectivity index is 1.90. The van der Waals surface area contributed by atoms with Crippen LogP contribution in [0.25, 0.3) is 0 Å². The quantitative estimate of drug-likeness (QED) is 0.868. The first kappa shape index (κ1) is 12.0. The van der Waals surface area contributed by atoms with Crippen LogP contribution in [0, 0.1) is 5.92 Å². The molecule has 0 radical (unpaired) electrons. The fourth-order valence-electron chi connectivity index (χ4n) is 3.42. The molecule has 98 valence electrons. The Labute approximate surface area is 109 Å². The van der Waals surface area contributed by atoms with Gasteiger partial charge in [-0.15, -0.1) is 0 Å². The first-order valence-electron chi connectivity index (χ1n) is 6.88. The number of rotatable bonds is 2. The van der Waals surface area contributed by atoms with Crippen molar-refractivity contribution in [2.24, 2.45) is 5.92 Å². The Morgan fingerprint density at radius 1 is 1.33 bits per heavy atom. The maximum absolute atomic E-state index is 5.75. The van der Waals surface area contributed by atoms with Crippen LogP contribution < -0.4 is 10.4 Å². The SMILES string of the molecule is CC[C@H]1[C@@H]2NOC(C)(C)[C@@H]2CN1c1ccccc1. The summed E-state index contributed by atoms with van der Waals surface area (Å²) in [6, 6.07) is 11.7. The Bertz CT molecular complexity index is 418. The van der Waals surface area contributed by atoms with Crippen molar-refractivity contribution in [1.82, 2.24) is 5.48 Å². The molecule has 0 bridgehead atoms. The molecule has 1 N–H and O–H groups in total. The fraction of sp³-hybridized carbons (Fsp3) is 0.600. The zero-order chi connectivity index (χ0) is 12.8. The van der Waals surface area contributed by atoms with Crippen molar-refractivity contribution >= 4 is 5.69 Å². The predicted octanol–water partition coefficient (Wildman–Crippen LogP) is 2.58. The third-order valence-corrected chi connectivity index (χ3v) is 4.50. The van der Waals surface area contributed by atoms with Gasteiger partial charge in [0.2, 0.25) is 0 Å². The number of benzene rings is 1. The van der Waals surface area contributed by atoms with E-state index in [-0.39, 0.29) is 5.60 Å². The summed E-state index contributed by atoms with van der Waals surface area (Å²) in [6.45, 7) is 7.71. The highest BCUT2D eigenvalue weighted by molar-refractivity contribution is 5.49. The van der Waals surface area contributed by atoms with Gasteiger partial charge in [0.25, 0.3) is 0 Å². The Morgan fingerprint density at radius 3 is 2.72 bits per heavy atom. The Kier molecular flexibility index (Phi) is 2.83. The number of hydroxylamine groups is 1. The summed E-state index contributed by atoms with van der Waals surface area (Å²) in [5, 5.41) is 0. The van der Waals surface area contributed by atoms with E-state index in [2.05, 4.69) is 61.5 Å². The minimum Gasteiger partial charge on any atom is -0.366 e. The summed E-state index contributed by atoms with van der Waals surface area (Å²) >= 11 is 0. The molecule has 0 aliphatic carbocycles. The molecule has 1 aromatic carbocycles. The van der Waals surface area contributed by atoms with Crippen LogP contribution in [0.4, 0.5) is 5.69 Å². The van der Waals surface area contributed by atoms with Gasteiger partial charge in [0.05, 0.1) is 11.6 Å². The van der Waals surface area contributed by atoms with Gasteiger partial charge in [-0.3, -0.25) is 4.84 Å². The molecule has 0 unspecified atom stereocenters. The van der Waals surface area contributed by atoms with Gasteiger partial charge < -0.3 is 4.90 Å². The number of para-hydroxylation sites is 1. The molecule has 3 atom stereocenters. The number of anilines is 1. The van der Waals surface area contributed by atoms with Crippen LogP contribution in [0.15, 0.2) is 30.3 Å². The summed E-state index contributed by atoms with van der Waals surface area (Å²) in [5.41, 5.74) is 4.53. The summed E-state index contributed by atoms with van der Waals surface area (Å²) in [7, 11) is 0. The average Bonchev–Trinajstić information content (AvgIpc) is 2.89. The van der Waals surface area contributed by atoms with Gasteiger partial charge in [-0.2, -0.15) is 5.48 Å². The van der Waals surface area contributed by atoms with Crippen LogP contribution in [0.2, 0.25) is 0 Å². The molecule has 2 saturated heterocycles. The van der Waals surface area contributed by atoms with Crippen LogP contribution in [-0.4, -0.2) is 24.2 Å². The molecule has 2 heterocycles. The molecule has 2 aliphatic heterocycles. The minimum absolute atomic E-state index is 0.0678. The molecule has 3 nitrogen and oxygen atoms in total. The van der Waals surface area contributed by atoms with Crippen LogP contribution in [0.1, 0.15) is 27.2 Å². The maximum atomic E-state index is 5.75. The molecular formula is C15H22N2O. The summed E-state index contributed by atoms with van der Waals surface area (Å²) in [4.78, 5) is 8.28. The second-order valence-corrected chi connectivity index (χ2v) is 5.92. The number of fused-ring (bicyclic) bond motifs is 1. The average molecular weight is 246 g/mol. The van der Waals surface area contributed by atoms with Crippen LogP contribution in [0.5, 0.6) is 0 Å². The molecule has 3 heteroatoms. The van der Waals surface area contributed by atoms with E-state index in [1.807, 2.05) is 0 Å². The zero-order valence-electron chi connectivity index (χ0n) is 11.4. The minimum atomic E-state index is -0.0678. The van der Waals surface area contributed by atoms with Crippen molar-refractivity contribution in [2.45, 2.75) is 44.9 Å². The summed E-state index contributed by atoms with van der Waals surface area (Å²) in [6.07, 6.45) is 1.14. The van der Waals surface area contributed by atoms with Crippen LogP contribution in [-0.2, 0) is 4.84 Å². The first-order valence-corrected chi connectivity index (χ1v) is 6.88. The molecule has 18 heavy (non-hydrogen) atoms. The predicted molar refractivity (Wildman–Crippen MR) is 73.4 cm³/mol. The van der Waals surface area contributed by atoms with Crippen molar-refractivity contribution in [3.05, 3.63) is 30.3 Å². The number of hydrogen-bond acceptors (Lipinski definition) is 3. The topological polar surface area (TPSA) is 24.5 Å². The van der Waals surface area contributed by atoms with E-state index in [1.54, 1.807) is 0 Å². The lowest BCUT2D eigenvalue weighted by atomic mass is 9.86. The largest absolute Gasteiger partial charge is 0.366 e. The van der Waals surface area contributed by atoms with E-state index >= 15 is 0 Å². The molecule has 3 rings (SSSR count). The molecular weight excluding hydrogens is 224 g/mol. The lowest BCUT2D eigenvalue weighted by Crippen LogP contribution is -2.40. The molecule has 0 aromatic heterocycles. The fourth-order valence-corrected chi connectivity index (χ4v) is 3.42. The first-order chi connectivity index (χ1) is 8.63. The standard InChI is InChI=1S/C15H22N2O/c1-4-13-14-12(15(2,3)18-16-14)10-17(13)11-8-6-5-7-9-11/h5-9,12-14,16H,4,10H2,1-3H3/t12-,13+,14-/m1/s1. The van der Waals surface area contributed by atoms with Crippen molar-refractivity contribution < 1.29 is 4.84 Å². The van der Waals surface area contributed by atoms with Gasteiger partial charge in [-0.1, -0.05) is 25.1 Å². The van der Waals surface area contributed by atoms with E-state index in [0.29, 0.717) is 18.0 Å². The van der Waals surface area contributed by atoms with E-state index in [0.717, 1.165) is 13.0 Å².